The monoisotopic (exact) mass is 252 g/mol. The summed E-state index contributed by atoms with van der Waals surface area (Å²) in [4.78, 5) is 14.6. The molecule has 0 spiro atoms. The van der Waals surface area contributed by atoms with Gasteiger partial charge in [-0.3, -0.25) is 4.79 Å². The average Bonchev–Trinajstić information content (AvgIpc) is 2.35. The highest BCUT2D eigenvalue weighted by Crippen LogP contribution is 2.27. The summed E-state index contributed by atoms with van der Waals surface area (Å²) in [5.74, 6) is 1.65. The van der Waals surface area contributed by atoms with E-state index < -0.39 is 0 Å². The first kappa shape index (κ1) is 13.9. The minimum absolute atomic E-state index is 0.361. The molecule has 1 amide bonds. The molecule has 2 aliphatic rings. The maximum Gasteiger partial charge on any atom is 0.224 e. The molecule has 0 aromatic rings. The second kappa shape index (κ2) is 6.05. The number of nitrogens with zero attached hydrogens (tertiary/aromatic N) is 1. The van der Waals surface area contributed by atoms with Crippen molar-refractivity contribution in [1.29, 1.82) is 0 Å². The Morgan fingerprint density at radius 1 is 1.28 bits per heavy atom. The molecule has 0 aromatic heterocycles. The van der Waals surface area contributed by atoms with Gasteiger partial charge in [-0.25, -0.2) is 0 Å². The first-order valence-corrected chi connectivity index (χ1v) is 7.60. The number of amides is 1. The minimum atomic E-state index is 0.361. The highest BCUT2D eigenvalue weighted by Gasteiger charge is 2.32. The van der Waals surface area contributed by atoms with Crippen molar-refractivity contribution < 1.29 is 4.79 Å². The molecular weight excluding hydrogens is 224 g/mol. The summed E-state index contributed by atoms with van der Waals surface area (Å²) in [6.07, 6.45) is 5.65. The Labute approximate surface area is 111 Å². The van der Waals surface area contributed by atoms with Gasteiger partial charge in [-0.15, -0.1) is 0 Å². The lowest BCUT2D eigenvalue weighted by atomic mass is 9.85. The smallest absolute Gasteiger partial charge is 0.224 e. The molecule has 0 saturated carbocycles. The summed E-state index contributed by atoms with van der Waals surface area (Å²) in [7, 11) is 0. The van der Waals surface area contributed by atoms with Crippen LogP contribution in [-0.4, -0.2) is 36.0 Å². The van der Waals surface area contributed by atoms with E-state index in [0.717, 1.165) is 13.1 Å². The van der Waals surface area contributed by atoms with Crippen LogP contribution in [0.15, 0.2) is 0 Å². The largest absolute Gasteiger partial charge is 0.339 e. The number of likely N-dealkylation sites (tertiary alicyclic amines) is 1. The number of piperidine rings is 2. The van der Waals surface area contributed by atoms with E-state index in [4.69, 9.17) is 0 Å². The molecule has 2 rings (SSSR count). The molecule has 0 aliphatic carbocycles. The van der Waals surface area contributed by atoms with Crippen molar-refractivity contribution in [2.45, 2.75) is 65.0 Å². The number of hydrogen-bond donors (Lipinski definition) is 1. The van der Waals surface area contributed by atoms with E-state index >= 15 is 0 Å². The number of nitrogens with one attached hydrogen (secondary N) is 1. The van der Waals surface area contributed by atoms with E-state index in [9.17, 15) is 4.79 Å². The van der Waals surface area contributed by atoms with E-state index in [0.29, 0.717) is 36.2 Å². The SMILES string of the molecule is CC1CC(C)C(C)N(C(=O)CC2CCCCN2)C1. The molecule has 0 aromatic carbocycles. The quantitative estimate of drug-likeness (QED) is 0.818. The van der Waals surface area contributed by atoms with Gasteiger partial charge in [-0.2, -0.15) is 0 Å². The Morgan fingerprint density at radius 3 is 2.72 bits per heavy atom. The summed E-state index contributed by atoms with van der Waals surface area (Å²) in [6, 6.07) is 0.836. The third-order valence-corrected chi connectivity index (χ3v) is 4.75. The Kier molecular flexibility index (Phi) is 4.66. The lowest BCUT2D eigenvalue weighted by molar-refractivity contribution is -0.137. The maximum atomic E-state index is 12.5. The third kappa shape index (κ3) is 3.25. The predicted molar refractivity (Wildman–Crippen MR) is 74.4 cm³/mol. The molecule has 2 fully saturated rings. The summed E-state index contributed by atoms with van der Waals surface area (Å²) < 4.78 is 0. The average molecular weight is 252 g/mol. The van der Waals surface area contributed by atoms with E-state index in [2.05, 4.69) is 31.0 Å². The Balaban J connectivity index is 1.90. The molecule has 2 aliphatic heterocycles. The first-order chi connectivity index (χ1) is 8.58. The molecular formula is C15H28N2O. The number of carbonyl (C=O) groups is 1. The zero-order chi connectivity index (χ0) is 13.1. The van der Waals surface area contributed by atoms with Crippen molar-refractivity contribution in [3.05, 3.63) is 0 Å². The zero-order valence-corrected chi connectivity index (χ0v) is 12.1. The van der Waals surface area contributed by atoms with Crippen molar-refractivity contribution >= 4 is 5.91 Å². The molecule has 0 radical (unpaired) electrons. The Morgan fingerprint density at radius 2 is 2.06 bits per heavy atom. The van der Waals surface area contributed by atoms with Gasteiger partial charge in [-0.05, 0) is 44.6 Å². The fourth-order valence-electron chi connectivity index (χ4n) is 3.47. The second-order valence-corrected chi connectivity index (χ2v) is 6.46. The van der Waals surface area contributed by atoms with Crippen molar-refractivity contribution in [1.82, 2.24) is 10.2 Å². The van der Waals surface area contributed by atoms with Crippen molar-refractivity contribution in [2.75, 3.05) is 13.1 Å². The summed E-state index contributed by atoms with van der Waals surface area (Å²) in [5.41, 5.74) is 0. The Hall–Kier alpha value is -0.570. The van der Waals surface area contributed by atoms with Gasteiger partial charge >= 0.3 is 0 Å². The van der Waals surface area contributed by atoms with Crippen molar-refractivity contribution in [2.24, 2.45) is 11.8 Å². The molecule has 3 heteroatoms. The van der Waals surface area contributed by atoms with E-state index in [1.807, 2.05) is 0 Å². The standard InChI is InChI=1S/C15H28N2O/c1-11-8-12(2)13(3)17(10-11)15(18)9-14-6-4-5-7-16-14/h11-14,16H,4-10H2,1-3H3. The minimum Gasteiger partial charge on any atom is -0.339 e. The predicted octanol–water partition coefficient (Wildman–Crippen LogP) is 2.41. The van der Waals surface area contributed by atoms with Gasteiger partial charge in [0.25, 0.3) is 0 Å². The van der Waals surface area contributed by atoms with Crippen LogP contribution in [0.25, 0.3) is 0 Å². The van der Waals surface area contributed by atoms with Gasteiger partial charge in [0, 0.05) is 25.0 Å². The maximum absolute atomic E-state index is 12.5. The molecule has 0 bridgehead atoms. The normalized spacial score (nSPS) is 37.6. The van der Waals surface area contributed by atoms with Gasteiger partial charge in [0.05, 0.1) is 0 Å². The van der Waals surface area contributed by atoms with Gasteiger partial charge < -0.3 is 10.2 Å². The topological polar surface area (TPSA) is 32.3 Å². The number of hydrogen-bond acceptors (Lipinski definition) is 2. The molecule has 3 nitrogen and oxygen atoms in total. The molecule has 4 atom stereocenters. The van der Waals surface area contributed by atoms with Crippen LogP contribution in [0.3, 0.4) is 0 Å². The highest BCUT2D eigenvalue weighted by atomic mass is 16.2. The molecule has 1 N–H and O–H groups in total. The lowest BCUT2D eigenvalue weighted by Gasteiger charge is -2.42. The van der Waals surface area contributed by atoms with Crippen LogP contribution in [0.2, 0.25) is 0 Å². The molecule has 104 valence electrons. The van der Waals surface area contributed by atoms with Gasteiger partial charge in [0.1, 0.15) is 0 Å². The van der Waals surface area contributed by atoms with E-state index in [1.165, 1.54) is 25.7 Å². The molecule has 2 heterocycles. The fourth-order valence-corrected chi connectivity index (χ4v) is 3.47. The van der Waals surface area contributed by atoms with Crippen LogP contribution < -0.4 is 5.32 Å². The van der Waals surface area contributed by atoms with Crippen molar-refractivity contribution in [3.8, 4) is 0 Å². The molecule has 2 saturated heterocycles. The number of rotatable bonds is 2. The van der Waals surface area contributed by atoms with Gasteiger partial charge in [-0.1, -0.05) is 20.3 Å². The lowest BCUT2D eigenvalue weighted by Crippen LogP contribution is -2.50. The summed E-state index contributed by atoms with van der Waals surface area (Å²) in [6.45, 7) is 8.79. The van der Waals surface area contributed by atoms with Crippen LogP contribution in [0.4, 0.5) is 0 Å². The third-order valence-electron chi connectivity index (χ3n) is 4.75. The van der Waals surface area contributed by atoms with E-state index in [1.54, 1.807) is 0 Å². The molecule has 18 heavy (non-hydrogen) atoms. The van der Waals surface area contributed by atoms with Crippen LogP contribution in [-0.2, 0) is 4.79 Å². The first-order valence-electron chi connectivity index (χ1n) is 7.60. The van der Waals surface area contributed by atoms with E-state index in [-0.39, 0.29) is 0 Å². The Bertz CT molecular complexity index is 286. The van der Waals surface area contributed by atoms with Crippen LogP contribution in [0.1, 0.15) is 52.9 Å². The summed E-state index contributed by atoms with van der Waals surface area (Å²) in [5, 5.41) is 3.48. The zero-order valence-electron chi connectivity index (χ0n) is 12.1. The summed E-state index contributed by atoms with van der Waals surface area (Å²) >= 11 is 0. The molecule has 4 unspecified atom stereocenters. The van der Waals surface area contributed by atoms with Crippen LogP contribution in [0, 0.1) is 11.8 Å². The van der Waals surface area contributed by atoms with Crippen LogP contribution >= 0.6 is 0 Å². The highest BCUT2D eigenvalue weighted by molar-refractivity contribution is 5.77. The van der Waals surface area contributed by atoms with Crippen LogP contribution in [0.5, 0.6) is 0 Å². The second-order valence-electron chi connectivity index (χ2n) is 6.46. The van der Waals surface area contributed by atoms with Gasteiger partial charge in [0.2, 0.25) is 5.91 Å². The fraction of sp³-hybridized carbons (Fsp3) is 0.933. The van der Waals surface area contributed by atoms with Crippen molar-refractivity contribution in [3.63, 3.8) is 0 Å². The number of carbonyl (C=O) groups excluding carboxylic acids is 1. The van der Waals surface area contributed by atoms with Gasteiger partial charge in [0.15, 0.2) is 0 Å².